The van der Waals surface area contributed by atoms with E-state index in [1.807, 2.05) is 0 Å². The van der Waals surface area contributed by atoms with E-state index in [9.17, 15) is 21.6 Å². The van der Waals surface area contributed by atoms with E-state index in [0.29, 0.717) is 24.3 Å². The summed E-state index contributed by atoms with van der Waals surface area (Å²) in [5, 5.41) is 0. The molecule has 0 aliphatic carbocycles. The first kappa shape index (κ1) is 18.9. The molecule has 0 heterocycles. The first-order valence-electron chi connectivity index (χ1n) is 5.87. The quantitative estimate of drug-likeness (QED) is 0.519. The molecule has 0 fully saturated rings. The Morgan fingerprint density at radius 1 is 0.955 bits per heavy atom. The highest BCUT2D eigenvalue weighted by molar-refractivity contribution is 14.1. The highest BCUT2D eigenvalue weighted by Crippen LogP contribution is 2.29. The van der Waals surface area contributed by atoms with Crippen LogP contribution in [0.5, 0.6) is 0 Å². The number of halogens is 4. The van der Waals surface area contributed by atoms with Crippen molar-refractivity contribution in [2.24, 2.45) is 0 Å². The van der Waals surface area contributed by atoms with Gasteiger partial charge in [0.1, 0.15) is 0 Å². The van der Waals surface area contributed by atoms with Crippen LogP contribution in [-0.2, 0) is 16.3 Å². The Balaban J connectivity index is 0.000000255. The first-order chi connectivity index (χ1) is 10.00. The van der Waals surface area contributed by atoms with E-state index in [1.54, 1.807) is 0 Å². The number of aryl methyl sites for hydroxylation is 1. The molecule has 3 nitrogen and oxygen atoms in total. The fraction of sp³-hybridized carbons (Fsp3) is 0.143. The van der Waals surface area contributed by atoms with Gasteiger partial charge in [0.05, 0.1) is 10.5 Å². The summed E-state index contributed by atoms with van der Waals surface area (Å²) in [6.07, 6.45) is -4.52. The molecule has 2 aromatic rings. The van der Waals surface area contributed by atoms with E-state index in [2.05, 4.69) is 53.8 Å². The van der Waals surface area contributed by atoms with Crippen LogP contribution < -0.4 is 0 Å². The highest BCUT2D eigenvalue weighted by Gasteiger charge is 2.30. The summed E-state index contributed by atoms with van der Waals surface area (Å²) < 4.78 is 66.7. The monoisotopic (exact) mass is 444 g/mol. The van der Waals surface area contributed by atoms with Crippen LogP contribution in [0, 0.1) is 10.5 Å². The van der Waals surface area contributed by atoms with Gasteiger partial charge in [0.2, 0.25) is 0 Å². The molecule has 0 bridgehead atoms. The molecule has 1 N–H and O–H groups in total. The Morgan fingerprint density at radius 2 is 1.41 bits per heavy atom. The van der Waals surface area contributed by atoms with Crippen LogP contribution in [0.3, 0.4) is 0 Å². The molecule has 8 heteroatoms. The zero-order valence-electron chi connectivity index (χ0n) is 11.3. The van der Waals surface area contributed by atoms with Gasteiger partial charge in [-0.25, -0.2) is 0 Å². The Morgan fingerprint density at radius 3 is 1.73 bits per heavy atom. The third kappa shape index (κ3) is 6.32. The smallest absolute Gasteiger partial charge is 0.282 e. The summed E-state index contributed by atoms with van der Waals surface area (Å²) in [4.78, 5) is -0.564. The van der Waals surface area contributed by atoms with Gasteiger partial charge in [-0.15, -0.1) is 0 Å². The summed E-state index contributed by atoms with van der Waals surface area (Å²) in [7, 11) is -4.43. The predicted octanol–water partition coefficient (Wildman–Crippen LogP) is 4.55. The average molecular weight is 444 g/mol. The van der Waals surface area contributed by atoms with E-state index in [0.717, 1.165) is 0 Å². The van der Waals surface area contributed by atoms with Crippen LogP contribution in [0.2, 0.25) is 0 Å². The number of hydrogen-bond donors (Lipinski definition) is 1. The van der Waals surface area contributed by atoms with Crippen LogP contribution in [0.25, 0.3) is 0 Å². The topological polar surface area (TPSA) is 54.4 Å². The van der Waals surface area contributed by atoms with Crippen molar-refractivity contribution in [1.29, 1.82) is 0 Å². The molecule has 0 unspecified atom stereocenters. The van der Waals surface area contributed by atoms with Gasteiger partial charge in [-0.2, -0.15) is 21.6 Å². The van der Waals surface area contributed by atoms with E-state index in [-0.39, 0.29) is 0 Å². The molecular weight excluding hydrogens is 432 g/mol. The maximum Gasteiger partial charge on any atom is 0.416 e. The minimum atomic E-state index is -4.52. The molecular formula is C14H12F3IO3S. The van der Waals surface area contributed by atoms with E-state index < -0.39 is 26.8 Å². The number of alkyl halides is 3. The van der Waals surface area contributed by atoms with Gasteiger partial charge in [0, 0.05) is 3.57 Å². The molecule has 0 spiro atoms. The SMILES string of the molecule is Cc1ccc(I)cc1.O=S(=O)(O)c1ccc(C(F)(F)F)cc1. The second-order valence-corrected chi connectivity index (χ2v) is 6.96. The lowest BCUT2D eigenvalue weighted by Crippen LogP contribution is -2.05. The fourth-order valence-corrected chi connectivity index (χ4v) is 2.19. The van der Waals surface area contributed by atoms with Gasteiger partial charge in [0.15, 0.2) is 0 Å². The van der Waals surface area contributed by atoms with Crippen molar-refractivity contribution in [1.82, 2.24) is 0 Å². The van der Waals surface area contributed by atoms with Gasteiger partial charge in [-0.3, -0.25) is 4.55 Å². The third-order valence-corrected chi connectivity index (χ3v) is 4.08. The van der Waals surface area contributed by atoms with Crippen molar-refractivity contribution in [2.45, 2.75) is 18.0 Å². The molecule has 0 aromatic heterocycles. The predicted molar refractivity (Wildman–Crippen MR) is 85.2 cm³/mol. The van der Waals surface area contributed by atoms with Crippen LogP contribution in [0.4, 0.5) is 13.2 Å². The molecule has 120 valence electrons. The zero-order chi connectivity index (χ0) is 17.0. The summed E-state index contributed by atoms with van der Waals surface area (Å²) in [6.45, 7) is 2.09. The summed E-state index contributed by atoms with van der Waals surface area (Å²) in [6, 6.07) is 11.0. The molecule has 2 aromatic carbocycles. The van der Waals surface area contributed by atoms with Crippen molar-refractivity contribution in [3.63, 3.8) is 0 Å². The second-order valence-electron chi connectivity index (χ2n) is 4.29. The lowest BCUT2D eigenvalue weighted by atomic mass is 10.2. The maximum atomic E-state index is 12.0. The molecule has 2 rings (SSSR count). The standard InChI is InChI=1S/C7H5F3O3S.C7H7I/c8-7(9,10)5-1-3-6(4-2-5)14(11,12)13;1-6-2-4-7(8)5-3-6/h1-4H,(H,11,12,13);2-5H,1H3. The largest absolute Gasteiger partial charge is 0.416 e. The Kier molecular flexibility index (Phi) is 6.38. The van der Waals surface area contributed by atoms with E-state index in [4.69, 9.17) is 4.55 Å². The van der Waals surface area contributed by atoms with Gasteiger partial charge in [-0.1, -0.05) is 17.7 Å². The molecule has 0 aliphatic rings. The molecule has 0 radical (unpaired) electrons. The average Bonchev–Trinajstić information content (AvgIpc) is 2.41. The highest BCUT2D eigenvalue weighted by atomic mass is 127. The fourth-order valence-electron chi connectivity index (χ4n) is 1.35. The van der Waals surface area contributed by atoms with E-state index in [1.165, 1.54) is 9.13 Å². The zero-order valence-corrected chi connectivity index (χ0v) is 14.3. The maximum absolute atomic E-state index is 12.0. The number of rotatable bonds is 1. The lowest BCUT2D eigenvalue weighted by molar-refractivity contribution is -0.137. The summed E-state index contributed by atoms with van der Waals surface area (Å²) >= 11 is 2.30. The minimum Gasteiger partial charge on any atom is -0.282 e. The van der Waals surface area contributed by atoms with Crippen molar-refractivity contribution in [2.75, 3.05) is 0 Å². The summed E-state index contributed by atoms with van der Waals surface area (Å²) in [5.41, 5.74) is 0.357. The van der Waals surface area contributed by atoms with Crippen LogP contribution >= 0.6 is 22.6 Å². The molecule has 0 saturated heterocycles. The molecule has 0 aliphatic heterocycles. The van der Waals surface area contributed by atoms with Crippen molar-refractivity contribution >= 4 is 32.7 Å². The van der Waals surface area contributed by atoms with Crippen LogP contribution in [0.1, 0.15) is 11.1 Å². The molecule has 22 heavy (non-hydrogen) atoms. The second kappa shape index (κ2) is 7.42. The van der Waals surface area contributed by atoms with Crippen LogP contribution in [-0.4, -0.2) is 13.0 Å². The summed E-state index contributed by atoms with van der Waals surface area (Å²) in [5.74, 6) is 0. The Bertz CT molecular complexity index is 687. The molecule has 0 amide bonds. The normalized spacial score (nSPS) is 11.5. The van der Waals surface area contributed by atoms with Crippen molar-refractivity contribution in [3.05, 3.63) is 63.2 Å². The van der Waals surface area contributed by atoms with Crippen molar-refractivity contribution in [3.8, 4) is 0 Å². The van der Waals surface area contributed by atoms with Gasteiger partial charge >= 0.3 is 6.18 Å². The molecule has 0 saturated carbocycles. The number of benzene rings is 2. The van der Waals surface area contributed by atoms with Gasteiger partial charge in [0.25, 0.3) is 10.1 Å². The molecule has 0 atom stereocenters. The lowest BCUT2D eigenvalue weighted by Gasteiger charge is -2.05. The van der Waals surface area contributed by atoms with E-state index >= 15 is 0 Å². The van der Waals surface area contributed by atoms with Gasteiger partial charge < -0.3 is 0 Å². The van der Waals surface area contributed by atoms with Crippen LogP contribution in [0.15, 0.2) is 53.4 Å². The van der Waals surface area contributed by atoms with Crippen molar-refractivity contribution < 1.29 is 26.1 Å². The Labute approximate surface area is 140 Å². The Hall–Kier alpha value is -1.13. The number of hydrogen-bond acceptors (Lipinski definition) is 2. The van der Waals surface area contributed by atoms with Gasteiger partial charge in [-0.05, 0) is 65.9 Å². The minimum absolute atomic E-state index is 0.564. The first-order valence-corrected chi connectivity index (χ1v) is 8.39. The third-order valence-electron chi connectivity index (χ3n) is 2.49.